The SMILES string of the molecule is N[C@@H](Cc1c[nH]c2ccccc12)C(=O)N1CC(O)CO1.O=C(O)C(F)(F)F. The van der Waals surface area contributed by atoms with Crippen LogP contribution in [0, 0.1) is 0 Å². The van der Waals surface area contributed by atoms with Gasteiger partial charge in [-0.15, -0.1) is 0 Å². The zero-order valence-electron chi connectivity index (χ0n) is 13.9. The average molecular weight is 389 g/mol. The van der Waals surface area contributed by atoms with Crippen LogP contribution >= 0.6 is 0 Å². The fourth-order valence-corrected chi connectivity index (χ4v) is 2.44. The van der Waals surface area contributed by atoms with Crippen molar-refractivity contribution in [2.75, 3.05) is 13.2 Å². The van der Waals surface area contributed by atoms with Gasteiger partial charge in [0.1, 0.15) is 6.61 Å². The summed E-state index contributed by atoms with van der Waals surface area (Å²) in [5.41, 5.74) is 7.98. The highest BCUT2D eigenvalue weighted by molar-refractivity contribution is 5.85. The molecular formula is C16H18F3N3O5. The lowest BCUT2D eigenvalue weighted by Crippen LogP contribution is -2.43. The Kier molecular flexibility index (Phi) is 6.41. The number of nitrogens with two attached hydrogens (primary N) is 1. The van der Waals surface area contributed by atoms with E-state index in [9.17, 15) is 23.1 Å². The lowest BCUT2D eigenvalue weighted by molar-refractivity contribution is -0.192. The minimum Gasteiger partial charge on any atom is -0.475 e. The number of hydroxylamine groups is 2. The summed E-state index contributed by atoms with van der Waals surface area (Å²) in [6, 6.07) is 7.19. The lowest BCUT2D eigenvalue weighted by atomic mass is 10.1. The average Bonchev–Trinajstić information content (AvgIpc) is 3.21. The molecule has 1 amide bonds. The Morgan fingerprint density at radius 1 is 1.37 bits per heavy atom. The largest absolute Gasteiger partial charge is 0.490 e. The number of rotatable bonds is 3. The molecular weight excluding hydrogens is 371 g/mol. The predicted octanol–water partition coefficient (Wildman–Crippen LogP) is 0.806. The lowest BCUT2D eigenvalue weighted by Gasteiger charge is -2.18. The first-order chi connectivity index (χ1) is 12.6. The fourth-order valence-electron chi connectivity index (χ4n) is 2.44. The van der Waals surface area contributed by atoms with Crippen molar-refractivity contribution in [2.24, 2.45) is 5.73 Å². The minimum atomic E-state index is -5.08. The molecule has 5 N–H and O–H groups in total. The number of aromatic amines is 1. The second kappa shape index (κ2) is 8.37. The number of fused-ring (bicyclic) bond motifs is 1. The monoisotopic (exact) mass is 389 g/mol. The number of aliphatic carboxylic acids is 1. The zero-order chi connectivity index (χ0) is 20.2. The number of carboxylic acids is 1. The molecule has 1 aromatic carbocycles. The number of aliphatic hydroxyl groups excluding tert-OH is 1. The third kappa shape index (κ3) is 5.42. The van der Waals surface area contributed by atoms with Crippen LogP contribution in [-0.4, -0.2) is 63.6 Å². The third-order valence-electron chi connectivity index (χ3n) is 3.72. The number of carboxylic acid groups (broad SMARTS) is 1. The van der Waals surface area contributed by atoms with Crippen molar-refractivity contribution in [2.45, 2.75) is 24.7 Å². The first-order valence-electron chi connectivity index (χ1n) is 7.82. The van der Waals surface area contributed by atoms with Crippen LogP contribution in [0.15, 0.2) is 30.5 Å². The predicted molar refractivity (Wildman–Crippen MR) is 87.3 cm³/mol. The second-order valence-corrected chi connectivity index (χ2v) is 5.82. The summed E-state index contributed by atoms with van der Waals surface area (Å²) in [6.07, 6.45) is -3.41. The molecule has 2 atom stereocenters. The van der Waals surface area contributed by atoms with Gasteiger partial charge in [0.25, 0.3) is 5.91 Å². The molecule has 11 heteroatoms. The van der Waals surface area contributed by atoms with E-state index in [1.54, 1.807) is 0 Å². The first kappa shape index (κ1) is 20.7. The van der Waals surface area contributed by atoms with Gasteiger partial charge < -0.3 is 20.9 Å². The van der Waals surface area contributed by atoms with E-state index < -0.39 is 24.3 Å². The van der Waals surface area contributed by atoms with Crippen molar-refractivity contribution < 1.29 is 37.8 Å². The Bertz CT molecular complexity index is 808. The van der Waals surface area contributed by atoms with Crippen molar-refractivity contribution in [1.29, 1.82) is 0 Å². The van der Waals surface area contributed by atoms with Gasteiger partial charge in [0.15, 0.2) is 0 Å². The van der Waals surface area contributed by atoms with Crippen LogP contribution < -0.4 is 5.73 Å². The van der Waals surface area contributed by atoms with Crippen LogP contribution in [0.5, 0.6) is 0 Å². The molecule has 148 valence electrons. The highest BCUT2D eigenvalue weighted by Gasteiger charge is 2.38. The summed E-state index contributed by atoms with van der Waals surface area (Å²) in [6.45, 7) is 0.325. The molecule has 1 aromatic heterocycles. The van der Waals surface area contributed by atoms with Gasteiger partial charge >= 0.3 is 12.1 Å². The number of nitrogens with one attached hydrogen (secondary N) is 1. The maximum atomic E-state index is 12.1. The molecule has 2 aromatic rings. The van der Waals surface area contributed by atoms with Gasteiger partial charge in [-0.3, -0.25) is 9.63 Å². The van der Waals surface area contributed by atoms with Crippen LogP contribution in [0.3, 0.4) is 0 Å². The van der Waals surface area contributed by atoms with Gasteiger partial charge in [-0.2, -0.15) is 13.2 Å². The van der Waals surface area contributed by atoms with Crippen molar-refractivity contribution >= 4 is 22.8 Å². The number of para-hydroxylation sites is 1. The topological polar surface area (TPSA) is 129 Å². The molecule has 27 heavy (non-hydrogen) atoms. The van der Waals surface area contributed by atoms with Crippen LogP contribution in [-0.2, 0) is 20.8 Å². The smallest absolute Gasteiger partial charge is 0.475 e. The Hall–Kier alpha value is -2.63. The van der Waals surface area contributed by atoms with Gasteiger partial charge in [-0.25, -0.2) is 9.86 Å². The van der Waals surface area contributed by atoms with Gasteiger partial charge in [-0.05, 0) is 18.1 Å². The number of alkyl halides is 3. The Balaban J connectivity index is 0.000000321. The molecule has 0 radical (unpaired) electrons. The molecule has 0 spiro atoms. The number of hydrogen-bond acceptors (Lipinski definition) is 5. The summed E-state index contributed by atoms with van der Waals surface area (Å²) in [5.74, 6) is -3.06. The highest BCUT2D eigenvalue weighted by Crippen LogP contribution is 2.19. The standard InChI is InChI=1S/C14H17N3O3.C2HF3O2/c15-12(14(19)17-7-10(18)8-20-17)5-9-6-16-13-4-2-1-3-11(9)13;3-2(4,5)1(6)7/h1-4,6,10,12,16,18H,5,7-8,15H2;(H,6,7)/t10?,12-;/m0./s1. The van der Waals surface area contributed by atoms with Gasteiger partial charge in [-0.1, -0.05) is 18.2 Å². The van der Waals surface area contributed by atoms with E-state index in [0.717, 1.165) is 21.5 Å². The van der Waals surface area contributed by atoms with Gasteiger partial charge in [0, 0.05) is 17.1 Å². The van der Waals surface area contributed by atoms with E-state index in [1.807, 2.05) is 30.5 Å². The van der Waals surface area contributed by atoms with E-state index in [-0.39, 0.29) is 19.1 Å². The van der Waals surface area contributed by atoms with Crippen molar-refractivity contribution in [3.63, 3.8) is 0 Å². The molecule has 8 nitrogen and oxygen atoms in total. The van der Waals surface area contributed by atoms with Crippen molar-refractivity contribution in [3.05, 3.63) is 36.0 Å². The third-order valence-corrected chi connectivity index (χ3v) is 3.72. The maximum absolute atomic E-state index is 12.1. The van der Waals surface area contributed by atoms with Crippen LogP contribution in [0.1, 0.15) is 5.56 Å². The molecule has 1 fully saturated rings. The van der Waals surface area contributed by atoms with E-state index in [0.29, 0.717) is 6.42 Å². The zero-order valence-corrected chi connectivity index (χ0v) is 13.9. The van der Waals surface area contributed by atoms with E-state index >= 15 is 0 Å². The Morgan fingerprint density at radius 3 is 2.56 bits per heavy atom. The molecule has 0 bridgehead atoms. The van der Waals surface area contributed by atoms with E-state index in [2.05, 4.69) is 4.98 Å². The number of aliphatic hydroxyl groups is 1. The first-order valence-corrected chi connectivity index (χ1v) is 7.82. The molecule has 1 saturated heterocycles. The molecule has 3 rings (SSSR count). The molecule has 1 aliphatic heterocycles. The molecule has 0 saturated carbocycles. The number of H-pyrrole nitrogens is 1. The fraction of sp³-hybridized carbons (Fsp3) is 0.375. The van der Waals surface area contributed by atoms with E-state index in [1.165, 1.54) is 0 Å². The highest BCUT2D eigenvalue weighted by atomic mass is 19.4. The normalized spacial score (nSPS) is 18.1. The van der Waals surface area contributed by atoms with Crippen LogP contribution in [0.25, 0.3) is 10.9 Å². The number of β-amino-alcohol motifs (C(OH)–C–C–N with tert-alkyl or cyclic N) is 1. The summed E-state index contributed by atoms with van der Waals surface area (Å²) < 4.78 is 31.7. The molecule has 0 aliphatic carbocycles. The number of aromatic nitrogens is 1. The molecule has 2 heterocycles. The number of nitrogens with zero attached hydrogens (tertiary/aromatic N) is 1. The van der Waals surface area contributed by atoms with Crippen molar-refractivity contribution in [1.82, 2.24) is 10.0 Å². The summed E-state index contributed by atoms with van der Waals surface area (Å²) in [5, 5.41) is 18.7. The summed E-state index contributed by atoms with van der Waals surface area (Å²) in [4.78, 5) is 29.3. The Labute approximate surface area is 151 Å². The number of carbonyl (C=O) groups excluding carboxylic acids is 1. The van der Waals surface area contributed by atoms with Crippen LogP contribution in [0.2, 0.25) is 0 Å². The quantitative estimate of drug-likeness (QED) is 0.615. The Morgan fingerprint density at radius 2 is 2.00 bits per heavy atom. The minimum absolute atomic E-state index is 0.144. The van der Waals surface area contributed by atoms with E-state index in [4.69, 9.17) is 20.5 Å². The number of benzene rings is 1. The van der Waals surface area contributed by atoms with Gasteiger partial charge in [0.05, 0.1) is 18.7 Å². The molecule has 1 aliphatic rings. The van der Waals surface area contributed by atoms with Crippen molar-refractivity contribution in [3.8, 4) is 0 Å². The summed E-state index contributed by atoms with van der Waals surface area (Å²) in [7, 11) is 0. The molecule has 1 unspecified atom stereocenters. The number of halogens is 3. The number of hydrogen-bond donors (Lipinski definition) is 4. The second-order valence-electron chi connectivity index (χ2n) is 5.82. The van der Waals surface area contributed by atoms with Crippen LogP contribution in [0.4, 0.5) is 13.2 Å². The van der Waals surface area contributed by atoms with Gasteiger partial charge in [0.2, 0.25) is 0 Å². The summed E-state index contributed by atoms with van der Waals surface area (Å²) >= 11 is 0. The number of amides is 1. The number of carbonyl (C=O) groups is 2. The maximum Gasteiger partial charge on any atom is 0.490 e.